The van der Waals surface area contributed by atoms with E-state index in [0.717, 1.165) is 22.7 Å². The van der Waals surface area contributed by atoms with Crippen LogP contribution in [0.2, 0.25) is 0 Å². The number of nitrogens with zero attached hydrogens (tertiary/aromatic N) is 3. The third kappa shape index (κ3) is 3.39. The predicted octanol–water partition coefficient (Wildman–Crippen LogP) is 1.99. The fraction of sp³-hybridized carbons (Fsp3) is 0.467. The molecule has 1 unspecified atom stereocenters. The molecule has 0 aliphatic heterocycles. The Bertz CT molecular complexity index is 626. The van der Waals surface area contributed by atoms with Crippen LogP contribution in [0, 0.1) is 0 Å². The highest BCUT2D eigenvalue weighted by Crippen LogP contribution is 2.24. The van der Waals surface area contributed by atoms with Crippen LogP contribution in [-0.4, -0.2) is 50.9 Å². The van der Waals surface area contributed by atoms with E-state index in [-0.39, 0.29) is 18.6 Å². The Hall–Kier alpha value is -1.53. The highest BCUT2D eigenvalue weighted by molar-refractivity contribution is 7.99. The van der Waals surface area contributed by atoms with Gasteiger partial charge in [-0.05, 0) is 26.0 Å². The fourth-order valence-corrected chi connectivity index (χ4v) is 3.07. The van der Waals surface area contributed by atoms with Gasteiger partial charge >= 0.3 is 0 Å². The molecule has 0 saturated heterocycles. The maximum absolute atomic E-state index is 12.1. The monoisotopic (exact) mass is 307 g/mol. The molecule has 6 heteroatoms. The number of hydrogen-bond acceptors (Lipinski definition) is 4. The van der Waals surface area contributed by atoms with Gasteiger partial charge in [-0.1, -0.05) is 23.9 Å². The molecule has 1 aromatic heterocycles. The lowest BCUT2D eigenvalue weighted by atomic mass is 10.3. The number of rotatable bonds is 6. The lowest BCUT2D eigenvalue weighted by molar-refractivity contribution is -0.129. The normalized spacial score (nSPS) is 12.6. The summed E-state index contributed by atoms with van der Waals surface area (Å²) in [6.07, 6.45) is 0. The van der Waals surface area contributed by atoms with E-state index in [4.69, 9.17) is 5.11 Å². The Labute approximate surface area is 129 Å². The second-order valence-electron chi connectivity index (χ2n) is 4.95. The summed E-state index contributed by atoms with van der Waals surface area (Å²) in [6.45, 7) is 4.68. The first kappa shape index (κ1) is 15.9. The summed E-state index contributed by atoms with van der Waals surface area (Å²) in [5.41, 5.74) is 2.04. The van der Waals surface area contributed by atoms with E-state index in [0.29, 0.717) is 5.75 Å². The van der Waals surface area contributed by atoms with Crippen molar-refractivity contribution in [3.8, 4) is 0 Å². The van der Waals surface area contributed by atoms with E-state index in [2.05, 4.69) is 16.5 Å². The van der Waals surface area contributed by atoms with Crippen LogP contribution in [0.1, 0.15) is 13.8 Å². The molecule has 21 heavy (non-hydrogen) atoms. The van der Waals surface area contributed by atoms with Crippen molar-refractivity contribution in [1.29, 1.82) is 0 Å². The largest absolute Gasteiger partial charge is 0.394 e. The molecule has 1 atom stereocenters. The molecule has 114 valence electrons. The molecule has 0 spiro atoms. The topological polar surface area (TPSA) is 58.4 Å². The molecular formula is C15H21N3O2S. The average Bonchev–Trinajstić information content (AvgIpc) is 2.88. The average molecular weight is 307 g/mol. The third-order valence-corrected chi connectivity index (χ3v) is 4.54. The molecule has 0 fully saturated rings. The van der Waals surface area contributed by atoms with Crippen molar-refractivity contribution in [2.75, 3.05) is 19.4 Å². The molecule has 1 heterocycles. The molecule has 0 aliphatic carbocycles. The maximum Gasteiger partial charge on any atom is 0.233 e. The number of aromatic nitrogens is 2. The number of para-hydroxylation sites is 2. The quantitative estimate of drug-likeness (QED) is 0.829. The van der Waals surface area contributed by atoms with Crippen molar-refractivity contribution in [3.05, 3.63) is 24.3 Å². The summed E-state index contributed by atoms with van der Waals surface area (Å²) >= 11 is 1.44. The van der Waals surface area contributed by atoms with Crippen LogP contribution in [0.15, 0.2) is 29.4 Å². The second-order valence-corrected chi connectivity index (χ2v) is 5.89. The van der Waals surface area contributed by atoms with Gasteiger partial charge in [0.2, 0.25) is 5.91 Å². The Morgan fingerprint density at radius 3 is 2.86 bits per heavy atom. The highest BCUT2D eigenvalue weighted by Gasteiger charge is 2.17. The van der Waals surface area contributed by atoms with E-state index in [9.17, 15) is 4.79 Å². The molecule has 1 aromatic carbocycles. The SMILES string of the molecule is CCn1c(SCC(=O)N(C)C(C)CO)nc2ccccc21. The summed E-state index contributed by atoms with van der Waals surface area (Å²) < 4.78 is 2.11. The number of carbonyl (C=O) groups is 1. The van der Waals surface area contributed by atoms with Gasteiger partial charge in [-0.15, -0.1) is 0 Å². The first-order chi connectivity index (χ1) is 10.1. The van der Waals surface area contributed by atoms with Gasteiger partial charge in [0, 0.05) is 13.6 Å². The molecule has 0 radical (unpaired) electrons. The van der Waals surface area contributed by atoms with Gasteiger partial charge in [-0.25, -0.2) is 4.98 Å². The fourth-order valence-electron chi connectivity index (χ4n) is 2.07. The number of hydrogen-bond donors (Lipinski definition) is 1. The lowest BCUT2D eigenvalue weighted by Gasteiger charge is -2.22. The summed E-state index contributed by atoms with van der Waals surface area (Å²) in [5.74, 6) is 0.320. The van der Waals surface area contributed by atoms with Crippen LogP contribution < -0.4 is 0 Å². The first-order valence-electron chi connectivity index (χ1n) is 7.03. The summed E-state index contributed by atoms with van der Waals surface area (Å²) in [6, 6.07) is 7.81. The summed E-state index contributed by atoms with van der Waals surface area (Å²) in [7, 11) is 1.71. The van der Waals surface area contributed by atoms with Gasteiger partial charge < -0.3 is 14.6 Å². The number of aliphatic hydroxyl groups is 1. The van der Waals surface area contributed by atoms with Crippen molar-refractivity contribution >= 4 is 28.7 Å². The molecule has 1 amide bonds. The van der Waals surface area contributed by atoms with E-state index >= 15 is 0 Å². The molecule has 1 N–H and O–H groups in total. The van der Waals surface area contributed by atoms with Crippen LogP contribution in [0.3, 0.4) is 0 Å². The van der Waals surface area contributed by atoms with Gasteiger partial charge in [0.15, 0.2) is 5.16 Å². The molecule has 0 aliphatic rings. The van der Waals surface area contributed by atoms with Crippen molar-refractivity contribution in [3.63, 3.8) is 0 Å². The van der Waals surface area contributed by atoms with Crippen LogP contribution >= 0.6 is 11.8 Å². The van der Waals surface area contributed by atoms with Crippen LogP contribution in [0.4, 0.5) is 0 Å². The zero-order chi connectivity index (χ0) is 15.4. The number of benzene rings is 1. The minimum absolute atomic E-state index is 0.00346. The van der Waals surface area contributed by atoms with Gasteiger partial charge in [-0.2, -0.15) is 0 Å². The molecule has 5 nitrogen and oxygen atoms in total. The minimum Gasteiger partial charge on any atom is -0.394 e. The smallest absolute Gasteiger partial charge is 0.233 e. The maximum atomic E-state index is 12.1. The van der Waals surface area contributed by atoms with E-state index in [1.165, 1.54) is 11.8 Å². The minimum atomic E-state index is -0.164. The Kier molecular flexibility index (Phi) is 5.25. The van der Waals surface area contributed by atoms with E-state index in [1.54, 1.807) is 11.9 Å². The highest BCUT2D eigenvalue weighted by atomic mass is 32.2. The standard InChI is InChI=1S/C15H21N3O2S/c1-4-18-13-8-6-5-7-12(13)16-15(18)21-10-14(20)17(3)11(2)9-19/h5-8,11,19H,4,9-10H2,1-3H3. The Balaban J connectivity index is 2.11. The molecule has 0 bridgehead atoms. The zero-order valence-corrected chi connectivity index (χ0v) is 13.4. The summed E-state index contributed by atoms with van der Waals surface area (Å²) in [4.78, 5) is 18.2. The second kappa shape index (κ2) is 6.95. The Morgan fingerprint density at radius 1 is 1.48 bits per heavy atom. The number of fused-ring (bicyclic) bond motifs is 1. The Morgan fingerprint density at radius 2 is 2.19 bits per heavy atom. The number of aryl methyl sites for hydroxylation is 1. The third-order valence-electron chi connectivity index (χ3n) is 3.58. The van der Waals surface area contributed by atoms with Crippen molar-refractivity contribution in [2.24, 2.45) is 0 Å². The van der Waals surface area contributed by atoms with Gasteiger partial charge in [0.1, 0.15) is 0 Å². The molecule has 2 rings (SSSR count). The van der Waals surface area contributed by atoms with Crippen LogP contribution in [-0.2, 0) is 11.3 Å². The molecule has 0 saturated carbocycles. The van der Waals surface area contributed by atoms with Gasteiger partial charge in [-0.3, -0.25) is 4.79 Å². The number of likely N-dealkylation sites (N-methyl/N-ethyl adjacent to an activating group) is 1. The number of imidazole rings is 1. The van der Waals surface area contributed by atoms with E-state index < -0.39 is 0 Å². The van der Waals surface area contributed by atoms with Crippen molar-refractivity contribution in [2.45, 2.75) is 31.6 Å². The predicted molar refractivity (Wildman–Crippen MR) is 85.4 cm³/mol. The van der Waals surface area contributed by atoms with Gasteiger partial charge in [0.05, 0.1) is 29.4 Å². The lowest BCUT2D eigenvalue weighted by Crippen LogP contribution is -2.38. The molecule has 2 aromatic rings. The number of amides is 1. The first-order valence-corrected chi connectivity index (χ1v) is 8.01. The number of carbonyl (C=O) groups excluding carboxylic acids is 1. The number of thioether (sulfide) groups is 1. The van der Waals surface area contributed by atoms with Crippen molar-refractivity contribution in [1.82, 2.24) is 14.5 Å². The van der Waals surface area contributed by atoms with E-state index in [1.807, 2.05) is 31.2 Å². The van der Waals surface area contributed by atoms with Crippen LogP contribution in [0.5, 0.6) is 0 Å². The zero-order valence-electron chi connectivity index (χ0n) is 12.6. The van der Waals surface area contributed by atoms with Crippen molar-refractivity contribution < 1.29 is 9.90 Å². The molecular weight excluding hydrogens is 286 g/mol. The summed E-state index contributed by atoms with van der Waals surface area (Å²) in [5, 5.41) is 9.96. The number of aliphatic hydroxyl groups excluding tert-OH is 1. The van der Waals surface area contributed by atoms with Crippen LogP contribution in [0.25, 0.3) is 11.0 Å². The van der Waals surface area contributed by atoms with Gasteiger partial charge in [0.25, 0.3) is 0 Å².